The van der Waals surface area contributed by atoms with E-state index in [9.17, 15) is 30.8 Å². The molecule has 204 valence electrons. The third-order valence-electron chi connectivity index (χ3n) is 5.26. The van der Waals surface area contributed by atoms with Gasteiger partial charge in [0.2, 0.25) is 10.0 Å². The smallest absolute Gasteiger partial charge is 0.433 e. The maximum absolute atomic E-state index is 13.3. The molecule has 4 aromatic rings. The molecule has 2 heterocycles. The van der Waals surface area contributed by atoms with Crippen molar-refractivity contribution in [3.63, 3.8) is 0 Å². The van der Waals surface area contributed by atoms with Gasteiger partial charge in [0, 0.05) is 5.56 Å². The van der Waals surface area contributed by atoms with Crippen LogP contribution in [0.2, 0.25) is 0 Å². The van der Waals surface area contributed by atoms with Crippen molar-refractivity contribution in [2.45, 2.75) is 13.1 Å². The average Bonchev–Trinajstić information content (AvgIpc) is 3.30. The summed E-state index contributed by atoms with van der Waals surface area (Å²) in [6.45, 7) is 1.44. The first-order valence-electron chi connectivity index (χ1n) is 11.1. The lowest BCUT2D eigenvalue weighted by Crippen LogP contribution is -2.15. The number of hydrogen-bond donors (Lipinski definition) is 4. The fourth-order valence-corrected chi connectivity index (χ4v) is 4.03. The van der Waals surface area contributed by atoms with E-state index in [1.54, 1.807) is 0 Å². The number of amides is 1. The van der Waals surface area contributed by atoms with Gasteiger partial charge < -0.3 is 15.8 Å². The van der Waals surface area contributed by atoms with Gasteiger partial charge in [0.25, 0.3) is 5.91 Å². The highest BCUT2D eigenvalue weighted by Crippen LogP contribution is 2.37. The van der Waals surface area contributed by atoms with Gasteiger partial charge in [-0.15, -0.1) is 0 Å². The summed E-state index contributed by atoms with van der Waals surface area (Å²) < 4.78 is 85.1. The molecule has 0 aliphatic rings. The third kappa shape index (κ3) is 6.43. The molecule has 0 spiro atoms. The minimum Gasteiger partial charge on any atom is -0.455 e. The molecule has 1 amide bonds. The Morgan fingerprint density at radius 3 is 2.46 bits per heavy atom. The zero-order valence-electron chi connectivity index (χ0n) is 20.0. The number of aromatic nitrogens is 3. The summed E-state index contributed by atoms with van der Waals surface area (Å²) in [6.07, 6.45) is -4.69. The van der Waals surface area contributed by atoms with Gasteiger partial charge in [0.15, 0.2) is 11.6 Å². The number of alkyl halides is 3. The first-order valence-corrected chi connectivity index (χ1v) is 12.8. The van der Waals surface area contributed by atoms with Crippen molar-refractivity contribution in [1.82, 2.24) is 15.2 Å². The Labute approximate surface area is 219 Å². The molecule has 0 radical (unpaired) electrons. The Morgan fingerprint density at radius 1 is 1.10 bits per heavy atom. The van der Waals surface area contributed by atoms with E-state index in [0.29, 0.717) is 0 Å². The van der Waals surface area contributed by atoms with Crippen molar-refractivity contribution in [3.8, 4) is 22.8 Å². The number of aromatic amines is 1. The zero-order chi connectivity index (χ0) is 28.4. The van der Waals surface area contributed by atoms with E-state index in [0.717, 1.165) is 24.3 Å². The summed E-state index contributed by atoms with van der Waals surface area (Å²) in [5.74, 6) is -1.96. The van der Waals surface area contributed by atoms with E-state index < -0.39 is 33.6 Å². The lowest BCUT2D eigenvalue weighted by molar-refractivity contribution is -0.141. The first kappa shape index (κ1) is 27.4. The van der Waals surface area contributed by atoms with Gasteiger partial charge >= 0.3 is 6.18 Å². The molecule has 0 saturated heterocycles. The molecule has 0 bridgehead atoms. The van der Waals surface area contributed by atoms with Gasteiger partial charge in [0.1, 0.15) is 28.6 Å². The van der Waals surface area contributed by atoms with Crippen molar-refractivity contribution in [3.05, 3.63) is 77.7 Å². The average molecular weight is 565 g/mol. The van der Waals surface area contributed by atoms with E-state index in [-0.39, 0.29) is 51.4 Å². The third-order valence-corrected chi connectivity index (χ3v) is 6.55. The number of anilines is 3. The quantitative estimate of drug-likeness (QED) is 0.208. The SMILES string of the molecule is CCS(=O)(=O)Nc1ccc(-c2[nH]nc(Nc3cccc(C(F)(F)F)n3)c2C(N)=O)cc1Oc1ccc(F)cc1. The number of primary amides is 1. The second-order valence-corrected chi connectivity index (χ2v) is 10.0. The van der Waals surface area contributed by atoms with Gasteiger partial charge in [0.05, 0.1) is 17.1 Å². The molecule has 2 aromatic carbocycles. The number of carbonyl (C=O) groups is 1. The predicted molar refractivity (Wildman–Crippen MR) is 135 cm³/mol. The Hall–Kier alpha value is -4.66. The molecule has 2 aromatic heterocycles. The topological polar surface area (TPSA) is 152 Å². The van der Waals surface area contributed by atoms with Gasteiger partial charge in [-0.3, -0.25) is 14.6 Å². The molecular weight excluding hydrogens is 544 g/mol. The van der Waals surface area contributed by atoms with Crippen molar-refractivity contribution >= 4 is 33.3 Å². The van der Waals surface area contributed by atoms with E-state index in [4.69, 9.17) is 10.5 Å². The molecule has 0 unspecified atom stereocenters. The lowest BCUT2D eigenvalue weighted by Gasteiger charge is -2.14. The minimum atomic E-state index is -4.69. The fraction of sp³-hybridized carbons (Fsp3) is 0.125. The monoisotopic (exact) mass is 564 g/mol. The van der Waals surface area contributed by atoms with E-state index in [1.165, 1.54) is 43.3 Å². The number of halogens is 4. The Bertz CT molecular complexity index is 1620. The summed E-state index contributed by atoms with van der Waals surface area (Å²) in [5, 5.41) is 9.13. The van der Waals surface area contributed by atoms with Crippen molar-refractivity contribution < 1.29 is 35.5 Å². The lowest BCUT2D eigenvalue weighted by atomic mass is 10.1. The first-order chi connectivity index (χ1) is 18.4. The summed E-state index contributed by atoms with van der Waals surface area (Å²) >= 11 is 0. The number of H-pyrrole nitrogens is 1. The highest BCUT2D eigenvalue weighted by molar-refractivity contribution is 7.92. The van der Waals surface area contributed by atoms with Crippen LogP contribution in [0.25, 0.3) is 11.3 Å². The van der Waals surface area contributed by atoms with Gasteiger partial charge in [-0.2, -0.15) is 18.3 Å². The molecule has 0 aliphatic carbocycles. The van der Waals surface area contributed by atoms with Crippen LogP contribution >= 0.6 is 0 Å². The molecule has 0 aliphatic heterocycles. The summed E-state index contributed by atoms with van der Waals surface area (Å²) in [7, 11) is -3.72. The highest BCUT2D eigenvalue weighted by atomic mass is 32.2. The highest BCUT2D eigenvalue weighted by Gasteiger charge is 2.32. The Kier molecular flexibility index (Phi) is 7.44. The van der Waals surface area contributed by atoms with Gasteiger partial charge in [-0.1, -0.05) is 12.1 Å². The predicted octanol–water partition coefficient (Wildman–Crippen LogP) is 5.03. The standard InChI is InChI=1S/C24H20F4N6O4S/c1-2-39(36,37)34-16-11-6-13(12-17(16)38-15-9-7-14(25)8-10-15)21-20(22(29)35)23(33-32-21)31-19-5-3-4-18(30-19)24(26,27)28/h3-12,34H,2H2,1H3,(H2,29,35)(H2,30,31,32,33). The number of carbonyl (C=O) groups excluding carboxylic acids is 1. The number of pyridine rings is 1. The Balaban J connectivity index is 1.75. The number of rotatable bonds is 9. The minimum absolute atomic E-state index is 0.00444. The maximum Gasteiger partial charge on any atom is 0.433 e. The van der Waals surface area contributed by atoms with Crippen LogP contribution in [-0.2, 0) is 16.2 Å². The molecule has 10 nitrogen and oxygen atoms in total. The van der Waals surface area contributed by atoms with Crippen LogP contribution in [0.4, 0.5) is 34.9 Å². The number of nitrogens with zero attached hydrogens (tertiary/aromatic N) is 2. The summed E-state index contributed by atoms with van der Waals surface area (Å²) in [5.41, 5.74) is 4.57. The number of benzene rings is 2. The van der Waals surface area contributed by atoms with Gasteiger partial charge in [-0.25, -0.2) is 17.8 Å². The molecular formula is C24H20F4N6O4S. The molecule has 0 atom stereocenters. The Morgan fingerprint density at radius 2 is 1.82 bits per heavy atom. The number of hydrogen-bond acceptors (Lipinski definition) is 7. The normalized spacial score (nSPS) is 11.7. The van der Waals surface area contributed by atoms with Crippen molar-refractivity contribution in [2.75, 3.05) is 15.8 Å². The van der Waals surface area contributed by atoms with Crippen LogP contribution in [0, 0.1) is 5.82 Å². The second-order valence-electron chi connectivity index (χ2n) is 7.99. The molecule has 39 heavy (non-hydrogen) atoms. The van der Waals surface area contributed by atoms with Crippen molar-refractivity contribution in [2.24, 2.45) is 5.73 Å². The van der Waals surface area contributed by atoms with Crippen LogP contribution in [0.1, 0.15) is 23.0 Å². The van der Waals surface area contributed by atoms with Gasteiger partial charge in [-0.05, 0) is 55.5 Å². The van der Waals surface area contributed by atoms with E-state index in [2.05, 4.69) is 25.2 Å². The van der Waals surface area contributed by atoms with Crippen LogP contribution in [0.5, 0.6) is 11.5 Å². The summed E-state index contributed by atoms with van der Waals surface area (Å²) in [4.78, 5) is 15.8. The largest absolute Gasteiger partial charge is 0.455 e. The summed E-state index contributed by atoms with van der Waals surface area (Å²) in [6, 6.07) is 12.3. The second kappa shape index (κ2) is 10.6. The van der Waals surface area contributed by atoms with Crippen molar-refractivity contribution in [1.29, 1.82) is 0 Å². The van der Waals surface area contributed by atoms with Crippen LogP contribution < -0.4 is 20.5 Å². The number of sulfonamides is 1. The molecule has 0 fully saturated rings. The van der Waals surface area contributed by atoms with E-state index >= 15 is 0 Å². The number of ether oxygens (including phenoxy) is 1. The molecule has 4 rings (SSSR count). The van der Waals surface area contributed by atoms with E-state index in [1.807, 2.05) is 0 Å². The zero-order valence-corrected chi connectivity index (χ0v) is 20.8. The van der Waals surface area contributed by atoms with Crippen LogP contribution in [0.15, 0.2) is 60.7 Å². The number of nitrogens with two attached hydrogens (primary N) is 1. The molecule has 0 saturated carbocycles. The van der Waals surface area contributed by atoms with Crippen LogP contribution in [0.3, 0.4) is 0 Å². The maximum atomic E-state index is 13.3. The molecule has 5 N–H and O–H groups in total. The number of nitrogens with one attached hydrogen (secondary N) is 3. The fourth-order valence-electron chi connectivity index (χ4n) is 3.38. The van der Waals surface area contributed by atoms with Crippen LogP contribution in [-0.4, -0.2) is 35.3 Å². The molecule has 15 heteroatoms.